The van der Waals surface area contributed by atoms with Crippen molar-refractivity contribution in [1.82, 2.24) is 9.71 Å². The Morgan fingerprint density at radius 1 is 1.27 bits per heavy atom. The Balaban J connectivity index is 1.75. The molecule has 3 aromatic rings. The van der Waals surface area contributed by atoms with E-state index in [1.165, 1.54) is 6.07 Å². The van der Waals surface area contributed by atoms with Gasteiger partial charge in [0.1, 0.15) is 9.90 Å². The van der Waals surface area contributed by atoms with E-state index in [0.717, 1.165) is 16.9 Å². The van der Waals surface area contributed by atoms with Crippen LogP contribution in [0.2, 0.25) is 4.34 Å². The number of furan rings is 1. The second-order valence-electron chi connectivity index (χ2n) is 4.41. The normalized spacial score (nSPS) is 11.7. The number of hydrogen-bond donors (Lipinski definition) is 1. The van der Waals surface area contributed by atoms with Crippen molar-refractivity contribution in [3.8, 4) is 11.5 Å². The van der Waals surface area contributed by atoms with Gasteiger partial charge >= 0.3 is 0 Å². The zero-order valence-corrected chi connectivity index (χ0v) is 13.6. The van der Waals surface area contributed by atoms with E-state index >= 15 is 0 Å². The molecule has 0 unspecified atom stereocenters. The number of nitrogens with one attached hydrogen (secondary N) is 1. The number of pyridine rings is 1. The number of rotatable bonds is 5. The van der Waals surface area contributed by atoms with E-state index in [1.54, 1.807) is 42.8 Å². The van der Waals surface area contributed by atoms with Crippen LogP contribution in [-0.2, 0) is 16.6 Å². The van der Waals surface area contributed by atoms with Gasteiger partial charge in [-0.15, -0.1) is 11.3 Å². The minimum atomic E-state index is -3.56. The lowest BCUT2D eigenvalue weighted by Gasteiger charge is -2.05. The summed E-state index contributed by atoms with van der Waals surface area (Å²) in [5.74, 6) is 0.634. The van der Waals surface area contributed by atoms with Crippen LogP contribution in [-0.4, -0.2) is 13.4 Å². The third-order valence-corrected chi connectivity index (χ3v) is 6.00. The lowest BCUT2D eigenvalue weighted by atomic mass is 10.2. The molecule has 3 aromatic heterocycles. The van der Waals surface area contributed by atoms with Gasteiger partial charge in [0.2, 0.25) is 10.0 Å². The Kier molecular flexibility index (Phi) is 4.30. The van der Waals surface area contributed by atoms with Crippen molar-refractivity contribution in [3.05, 3.63) is 58.8 Å². The Hall–Kier alpha value is -1.67. The molecule has 0 atom stereocenters. The molecule has 0 amide bonds. The molecule has 0 spiro atoms. The van der Waals surface area contributed by atoms with Crippen molar-refractivity contribution in [2.45, 2.75) is 10.8 Å². The molecule has 3 heterocycles. The number of nitrogens with zero attached hydrogens (tertiary/aromatic N) is 1. The van der Waals surface area contributed by atoms with Crippen LogP contribution < -0.4 is 4.72 Å². The molecule has 0 aliphatic carbocycles. The second kappa shape index (κ2) is 6.21. The van der Waals surface area contributed by atoms with Crippen molar-refractivity contribution in [2.75, 3.05) is 0 Å². The van der Waals surface area contributed by atoms with Crippen molar-refractivity contribution < 1.29 is 12.8 Å². The maximum absolute atomic E-state index is 12.1. The highest BCUT2D eigenvalue weighted by atomic mass is 35.5. The molecule has 5 nitrogen and oxygen atoms in total. The molecule has 0 saturated heterocycles. The highest BCUT2D eigenvalue weighted by molar-refractivity contribution is 7.91. The average molecular weight is 355 g/mol. The van der Waals surface area contributed by atoms with Gasteiger partial charge < -0.3 is 4.42 Å². The standard InChI is InChI=1S/C14H11ClN2O3S2/c15-13-3-4-14(21-13)22(18,19)17-9-10-5-6-16-11(8-10)12-2-1-7-20-12/h1-8,17H,9H2. The van der Waals surface area contributed by atoms with Crippen LogP contribution in [0, 0.1) is 0 Å². The van der Waals surface area contributed by atoms with Gasteiger partial charge in [-0.25, -0.2) is 13.1 Å². The van der Waals surface area contributed by atoms with Crippen LogP contribution in [0.1, 0.15) is 5.56 Å². The molecular formula is C14H11ClN2O3S2. The Bertz CT molecular complexity index is 873. The molecule has 8 heteroatoms. The smallest absolute Gasteiger partial charge is 0.250 e. The predicted molar refractivity (Wildman–Crippen MR) is 85.3 cm³/mol. The summed E-state index contributed by atoms with van der Waals surface area (Å²) in [6.45, 7) is 0.161. The van der Waals surface area contributed by atoms with E-state index in [4.69, 9.17) is 16.0 Å². The highest BCUT2D eigenvalue weighted by Crippen LogP contribution is 2.25. The number of sulfonamides is 1. The topological polar surface area (TPSA) is 72.2 Å². The first-order valence-corrected chi connectivity index (χ1v) is 8.96. The number of thiophene rings is 1. The molecule has 22 heavy (non-hydrogen) atoms. The van der Waals surface area contributed by atoms with Crippen LogP contribution in [0.5, 0.6) is 0 Å². The van der Waals surface area contributed by atoms with Crippen LogP contribution in [0.4, 0.5) is 0 Å². The second-order valence-corrected chi connectivity index (χ2v) is 8.12. The van der Waals surface area contributed by atoms with Crippen molar-refractivity contribution in [2.24, 2.45) is 0 Å². The third kappa shape index (κ3) is 3.38. The summed E-state index contributed by atoms with van der Waals surface area (Å²) in [6, 6.07) is 10.1. The van der Waals surface area contributed by atoms with Gasteiger partial charge in [0, 0.05) is 12.7 Å². The summed E-state index contributed by atoms with van der Waals surface area (Å²) in [4.78, 5) is 4.20. The summed E-state index contributed by atoms with van der Waals surface area (Å²) >= 11 is 6.79. The quantitative estimate of drug-likeness (QED) is 0.760. The van der Waals surface area contributed by atoms with Crippen LogP contribution >= 0.6 is 22.9 Å². The van der Waals surface area contributed by atoms with Gasteiger partial charge in [0.15, 0.2) is 5.76 Å². The molecule has 0 radical (unpaired) electrons. The summed E-state index contributed by atoms with van der Waals surface area (Å²) in [6.07, 6.45) is 3.18. The summed E-state index contributed by atoms with van der Waals surface area (Å²) in [5.41, 5.74) is 1.44. The molecule has 0 fully saturated rings. The van der Waals surface area contributed by atoms with Gasteiger partial charge in [0.25, 0.3) is 0 Å². The summed E-state index contributed by atoms with van der Waals surface area (Å²) < 4.78 is 32.7. The van der Waals surface area contributed by atoms with Crippen LogP contribution in [0.25, 0.3) is 11.5 Å². The Labute approximate surface area is 136 Å². The molecule has 0 bridgehead atoms. The molecular weight excluding hydrogens is 344 g/mol. The van der Waals surface area contributed by atoms with Crippen molar-refractivity contribution in [3.63, 3.8) is 0 Å². The Morgan fingerprint density at radius 3 is 2.82 bits per heavy atom. The minimum Gasteiger partial charge on any atom is -0.463 e. The molecule has 0 aromatic carbocycles. The van der Waals surface area contributed by atoms with E-state index in [-0.39, 0.29) is 10.8 Å². The fraction of sp³-hybridized carbons (Fsp3) is 0.0714. The van der Waals surface area contributed by atoms with E-state index in [1.807, 2.05) is 0 Å². The van der Waals surface area contributed by atoms with Gasteiger partial charge in [-0.2, -0.15) is 0 Å². The number of hydrogen-bond acceptors (Lipinski definition) is 5. The van der Waals surface area contributed by atoms with Gasteiger partial charge in [0.05, 0.1) is 10.6 Å². The first-order chi connectivity index (χ1) is 10.5. The minimum absolute atomic E-state index is 0.161. The first kappa shape index (κ1) is 15.2. The predicted octanol–water partition coefficient (Wildman–Crippen LogP) is 3.54. The fourth-order valence-corrected chi connectivity index (χ4v) is 4.38. The molecule has 0 saturated carbocycles. The van der Waals surface area contributed by atoms with Gasteiger partial charge in [-0.1, -0.05) is 11.6 Å². The maximum Gasteiger partial charge on any atom is 0.250 e. The average Bonchev–Trinajstić information content (AvgIpc) is 3.17. The van der Waals surface area contributed by atoms with E-state index < -0.39 is 10.0 Å². The van der Waals surface area contributed by atoms with Gasteiger partial charge in [-0.05, 0) is 42.0 Å². The van der Waals surface area contributed by atoms with Gasteiger partial charge in [-0.3, -0.25) is 4.98 Å². The molecule has 0 aliphatic rings. The molecule has 1 N–H and O–H groups in total. The zero-order chi connectivity index (χ0) is 15.6. The third-order valence-electron chi connectivity index (χ3n) is 2.88. The van der Waals surface area contributed by atoms with Crippen molar-refractivity contribution >= 4 is 33.0 Å². The van der Waals surface area contributed by atoms with Crippen LogP contribution in [0.3, 0.4) is 0 Å². The first-order valence-electron chi connectivity index (χ1n) is 6.28. The van der Waals surface area contributed by atoms with E-state index in [9.17, 15) is 8.42 Å². The Morgan fingerprint density at radius 2 is 2.14 bits per heavy atom. The monoisotopic (exact) mass is 354 g/mol. The number of halogens is 1. The largest absolute Gasteiger partial charge is 0.463 e. The SMILES string of the molecule is O=S(=O)(NCc1ccnc(-c2ccco2)c1)c1ccc(Cl)s1. The summed E-state index contributed by atoms with van der Waals surface area (Å²) in [7, 11) is -3.56. The van der Waals surface area contributed by atoms with Crippen molar-refractivity contribution in [1.29, 1.82) is 0 Å². The summed E-state index contributed by atoms with van der Waals surface area (Å²) in [5, 5.41) is 0. The van der Waals surface area contributed by atoms with Crippen LogP contribution in [0.15, 0.2) is 57.5 Å². The molecule has 0 aliphatic heterocycles. The highest BCUT2D eigenvalue weighted by Gasteiger charge is 2.16. The van der Waals surface area contributed by atoms with E-state index in [2.05, 4.69) is 9.71 Å². The van der Waals surface area contributed by atoms with E-state index in [0.29, 0.717) is 15.8 Å². The number of aromatic nitrogens is 1. The molecule has 3 rings (SSSR count). The molecule has 114 valence electrons. The zero-order valence-electron chi connectivity index (χ0n) is 11.2. The lowest BCUT2D eigenvalue weighted by Crippen LogP contribution is -2.22. The fourth-order valence-electron chi connectivity index (χ4n) is 1.83. The maximum atomic E-state index is 12.1. The lowest BCUT2D eigenvalue weighted by molar-refractivity contribution is 0.579.